The molecule has 1 aliphatic carbocycles. The van der Waals surface area contributed by atoms with Crippen molar-refractivity contribution in [2.45, 2.75) is 51.3 Å². The first-order chi connectivity index (χ1) is 11.4. The molecule has 2 heterocycles. The number of fused-ring (bicyclic) bond motifs is 3. The lowest BCUT2D eigenvalue weighted by atomic mass is 10.1. The van der Waals surface area contributed by atoms with Gasteiger partial charge in [-0.2, -0.15) is 0 Å². The molecular formula is C19H25N3O2. The van der Waals surface area contributed by atoms with E-state index in [-0.39, 0.29) is 18.2 Å². The summed E-state index contributed by atoms with van der Waals surface area (Å²) in [7, 11) is 0. The van der Waals surface area contributed by atoms with Gasteiger partial charge in [0.05, 0.1) is 6.04 Å². The maximum absolute atomic E-state index is 12.5. The predicted octanol–water partition coefficient (Wildman–Crippen LogP) is 3.98. The van der Waals surface area contributed by atoms with Crippen molar-refractivity contribution < 1.29 is 9.53 Å². The van der Waals surface area contributed by atoms with Crippen LogP contribution < -0.4 is 5.32 Å². The molecule has 0 spiro atoms. The zero-order chi connectivity index (χ0) is 16.9. The second-order valence-electron chi connectivity index (χ2n) is 8.06. The highest BCUT2D eigenvalue weighted by molar-refractivity contribution is 5.83. The van der Waals surface area contributed by atoms with Gasteiger partial charge in [0.2, 0.25) is 0 Å². The molecule has 0 radical (unpaired) electrons. The van der Waals surface area contributed by atoms with Crippen molar-refractivity contribution in [3.8, 4) is 0 Å². The first-order valence-corrected chi connectivity index (χ1v) is 8.73. The van der Waals surface area contributed by atoms with E-state index in [2.05, 4.69) is 28.5 Å². The molecule has 1 unspecified atom stereocenters. The van der Waals surface area contributed by atoms with Crippen molar-refractivity contribution in [1.82, 2.24) is 9.88 Å². The van der Waals surface area contributed by atoms with Crippen LogP contribution in [0, 0.1) is 5.92 Å². The van der Waals surface area contributed by atoms with Gasteiger partial charge in [-0.3, -0.25) is 0 Å². The van der Waals surface area contributed by atoms with Gasteiger partial charge in [0.15, 0.2) is 0 Å². The molecule has 3 atom stereocenters. The van der Waals surface area contributed by atoms with E-state index in [0.717, 1.165) is 30.7 Å². The number of para-hydroxylation sites is 1. The third kappa shape index (κ3) is 2.83. The van der Waals surface area contributed by atoms with Crippen molar-refractivity contribution in [2.24, 2.45) is 5.92 Å². The number of likely N-dealkylation sites (tertiary alicyclic amines) is 1. The van der Waals surface area contributed by atoms with Gasteiger partial charge >= 0.3 is 6.09 Å². The summed E-state index contributed by atoms with van der Waals surface area (Å²) in [5.41, 5.74) is 0.686. The standard InChI is InChI=1S/C19H25N3O2/c1-19(2,3)24-18(23)22-11-12-8-15(16(22)9-12)21-17-10-13-6-4-5-7-14(13)20-17/h4-7,10,12,15-16,20-21H,8-9,11H2,1-3H3/t12-,15?,16-/m0/s1. The molecule has 1 amide bonds. The van der Waals surface area contributed by atoms with Crippen LogP contribution in [0.3, 0.4) is 0 Å². The molecule has 2 aromatic rings. The first kappa shape index (κ1) is 15.4. The molecule has 2 bridgehead atoms. The molecule has 128 valence electrons. The summed E-state index contributed by atoms with van der Waals surface area (Å²) in [6, 6.07) is 10.9. The summed E-state index contributed by atoms with van der Waals surface area (Å²) in [4.78, 5) is 17.8. The molecule has 1 aromatic heterocycles. The largest absolute Gasteiger partial charge is 0.444 e. The molecular weight excluding hydrogens is 302 g/mol. The van der Waals surface area contributed by atoms with Crippen molar-refractivity contribution in [2.75, 3.05) is 11.9 Å². The number of nitrogens with one attached hydrogen (secondary N) is 2. The normalized spacial score (nSPS) is 26.1. The highest BCUT2D eigenvalue weighted by atomic mass is 16.6. The summed E-state index contributed by atoms with van der Waals surface area (Å²) in [6.07, 6.45) is 1.99. The Hall–Kier alpha value is -2.17. The molecule has 1 saturated heterocycles. The van der Waals surface area contributed by atoms with Gasteiger partial charge in [0.25, 0.3) is 0 Å². The van der Waals surface area contributed by atoms with Crippen LogP contribution in [0.1, 0.15) is 33.6 Å². The van der Waals surface area contributed by atoms with Gasteiger partial charge in [-0.05, 0) is 51.7 Å². The van der Waals surface area contributed by atoms with Crippen LogP contribution in [0.25, 0.3) is 10.9 Å². The Morgan fingerprint density at radius 3 is 2.79 bits per heavy atom. The van der Waals surface area contributed by atoms with Crippen LogP contribution in [0.4, 0.5) is 10.6 Å². The number of piperidine rings is 1. The van der Waals surface area contributed by atoms with E-state index < -0.39 is 5.60 Å². The van der Waals surface area contributed by atoms with Gasteiger partial charge in [0, 0.05) is 23.5 Å². The van der Waals surface area contributed by atoms with Crippen molar-refractivity contribution in [1.29, 1.82) is 0 Å². The molecule has 24 heavy (non-hydrogen) atoms. The maximum atomic E-state index is 12.5. The first-order valence-electron chi connectivity index (χ1n) is 8.73. The van der Waals surface area contributed by atoms with Gasteiger partial charge in [-0.25, -0.2) is 4.79 Å². The minimum atomic E-state index is -0.445. The number of nitrogens with zero attached hydrogens (tertiary/aromatic N) is 1. The number of amides is 1. The molecule has 1 aliphatic heterocycles. The number of ether oxygens (including phenoxy) is 1. The Morgan fingerprint density at radius 2 is 2.08 bits per heavy atom. The van der Waals surface area contributed by atoms with Crippen LogP contribution in [-0.4, -0.2) is 40.2 Å². The zero-order valence-electron chi connectivity index (χ0n) is 14.5. The maximum Gasteiger partial charge on any atom is 0.410 e. The SMILES string of the molecule is CC(C)(C)OC(=O)N1C[C@H]2CC(Nc3cc4ccccc4[nH]3)[C@@H]1C2. The quantitative estimate of drug-likeness (QED) is 0.877. The number of hydrogen-bond donors (Lipinski definition) is 2. The van der Waals surface area contributed by atoms with Crippen LogP contribution in [0.2, 0.25) is 0 Å². The number of carbonyl (C=O) groups excluding carboxylic acids is 1. The lowest BCUT2D eigenvalue weighted by Crippen LogP contribution is -2.49. The van der Waals surface area contributed by atoms with Crippen LogP contribution in [-0.2, 0) is 4.74 Å². The van der Waals surface area contributed by atoms with E-state index in [1.807, 2.05) is 37.8 Å². The van der Waals surface area contributed by atoms with Crippen molar-refractivity contribution >= 4 is 22.8 Å². The van der Waals surface area contributed by atoms with Gasteiger partial charge in [-0.1, -0.05) is 18.2 Å². The number of aromatic nitrogens is 1. The van der Waals surface area contributed by atoms with E-state index in [1.54, 1.807) is 0 Å². The minimum Gasteiger partial charge on any atom is -0.444 e. The lowest BCUT2D eigenvalue weighted by molar-refractivity contribution is 0.0179. The fraction of sp³-hybridized carbons (Fsp3) is 0.526. The van der Waals surface area contributed by atoms with Crippen LogP contribution in [0.5, 0.6) is 0 Å². The molecule has 1 saturated carbocycles. The average molecular weight is 327 g/mol. The zero-order valence-corrected chi connectivity index (χ0v) is 14.5. The van der Waals surface area contributed by atoms with Crippen LogP contribution in [0.15, 0.2) is 30.3 Å². The number of hydrogen-bond acceptors (Lipinski definition) is 3. The fourth-order valence-corrected chi connectivity index (χ4v) is 4.06. The second kappa shape index (κ2) is 5.43. The monoisotopic (exact) mass is 327 g/mol. The van der Waals surface area contributed by atoms with E-state index in [9.17, 15) is 4.79 Å². The summed E-state index contributed by atoms with van der Waals surface area (Å²) >= 11 is 0. The molecule has 1 aromatic carbocycles. The Labute approximate surface area is 142 Å². The number of rotatable bonds is 2. The number of carbonyl (C=O) groups is 1. The Balaban J connectivity index is 1.48. The van der Waals surface area contributed by atoms with E-state index >= 15 is 0 Å². The third-order valence-electron chi connectivity index (χ3n) is 4.98. The van der Waals surface area contributed by atoms with Gasteiger partial charge < -0.3 is 19.9 Å². The lowest BCUT2D eigenvalue weighted by Gasteiger charge is -2.35. The Kier molecular flexibility index (Phi) is 3.48. The number of benzene rings is 1. The molecule has 5 heteroatoms. The molecule has 4 rings (SSSR count). The van der Waals surface area contributed by atoms with Gasteiger partial charge in [0.1, 0.15) is 11.4 Å². The number of anilines is 1. The summed E-state index contributed by atoms with van der Waals surface area (Å²) in [5.74, 6) is 1.60. The molecule has 5 nitrogen and oxygen atoms in total. The summed E-state index contributed by atoms with van der Waals surface area (Å²) in [5, 5.41) is 4.81. The van der Waals surface area contributed by atoms with E-state index in [4.69, 9.17) is 4.74 Å². The van der Waals surface area contributed by atoms with Crippen molar-refractivity contribution in [3.63, 3.8) is 0 Å². The Morgan fingerprint density at radius 1 is 1.29 bits per heavy atom. The summed E-state index contributed by atoms with van der Waals surface area (Å²) in [6.45, 7) is 6.57. The van der Waals surface area contributed by atoms with Crippen LogP contribution >= 0.6 is 0 Å². The molecule has 2 N–H and O–H groups in total. The Bertz CT molecular complexity index is 728. The second-order valence-corrected chi connectivity index (χ2v) is 8.06. The highest BCUT2D eigenvalue weighted by Gasteiger charge is 2.48. The minimum absolute atomic E-state index is 0.182. The van der Waals surface area contributed by atoms with Crippen molar-refractivity contribution in [3.05, 3.63) is 30.3 Å². The topological polar surface area (TPSA) is 57.4 Å². The van der Waals surface area contributed by atoms with E-state index in [0.29, 0.717) is 5.92 Å². The van der Waals surface area contributed by atoms with Gasteiger partial charge in [-0.15, -0.1) is 0 Å². The molecule has 2 aliphatic rings. The number of H-pyrrole nitrogens is 1. The average Bonchev–Trinajstić information content (AvgIpc) is 3.17. The summed E-state index contributed by atoms with van der Waals surface area (Å²) < 4.78 is 5.57. The van der Waals surface area contributed by atoms with E-state index in [1.165, 1.54) is 5.39 Å². The fourth-order valence-electron chi connectivity index (χ4n) is 4.06. The third-order valence-corrected chi connectivity index (χ3v) is 4.98. The highest BCUT2D eigenvalue weighted by Crippen LogP contribution is 2.40. The molecule has 2 fully saturated rings. The smallest absolute Gasteiger partial charge is 0.410 e. The predicted molar refractivity (Wildman–Crippen MR) is 95.2 cm³/mol. The number of aromatic amines is 1.